The average Bonchev–Trinajstić information content (AvgIpc) is 3.04. The van der Waals surface area contributed by atoms with Crippen LogP contribution in [0, 0.1) is 0 Å². The molecule has 4 rings (SSSR count). The zero-order chi connectivity index (χ0) is 30.4. The summed E-state index contributed by atoms with van der Waals surface area (Å²) < 4.78 is 17.3. The fourth-order valence-electron chi connectivity index (χ4n) is 4.19. The van der Waals surface area contributed by atoms with E-state index in [4.69, 9.17) is 9.47 Å². The van der Waals surface area contributed by atoms with Crippen molar-refractivity contribution in [1.29, 1.82) is 0 Å². The van der Waals surface area contributed by atoms with Crippen LogP contribution in [0.3, 0.4) is 0 Å². The number of nitrogens with zero attached hydrogens (tertiary/aromatic N) is 3. The third-order valence-electron chi connectivity index (χ3n) is 6.42. The number of nitrogens with one attached hydrogen (secondary N) is 1. The molecule has 1 amide bonds. The van der Waals surface area contributed by atoms with Crippen molar-refractivity contribution in [2.75, 3.05) is 32.6 Å². The molecule has 0 unspecified atom stereocenters. The van der Waals surface area contributed by atoms with Crippen LogP contribution in [0.2, 0.25) is 0 Å². The highest BCUT2D eigenvalue weighted by atomic mass is 16.6. The van der Waals surface area contributed by atoms with Crippen LogP contribution < -0.4 is 19.7 Å². The van der Waals surface area contributed by atoms with Crippen molar-refractivity contribution in [1.82, 2.24) is 4.90 Å². The summed E-state index contributed by atoms with van der Waals surface area (Å²) in [6.07, 6.45) is 3.52. The highest BCUT2D eigenvalue weighted by Gasteiger charge is 2.16. The maximum Gasteiger partial charge on any atom is 0.414 e. The summed E-state index contributed by atoms with van der Waals surface area (Å²) in [5.41, 5.74) is 4.93. The summed E-state index contributed by atoms with van der Waals surface area (Å²) in [5, 5.41) is 15.2. The average molecular weight is 583 g/mol. The monoisotopic (exact) mass is 582 g/mol. The lowest BCUT2D eigenvalue weighted by molar-refractivity contribution is -0.727. The van der Waals surface area contributed by atoms with Crippen molar-refractivity contribution >= 4 is 23.8 Å². The van der Waals surface area contributed by atoms with Gasteiger partial charge in [-0.25, -0.2) is 4.79 Å². The standard InChI is InChI=1S/C33H34N4O6/c1-36(23-31(38)41-2)33(40)43-24-37-19-8-9-25(22-37)21-34-32(39)35-28-14-16-29(17-15-28)42-20-18-27-12-6-7-13-30(27)26-10-4-3-5-11-26/h3-17,19,22H,18,20-21,23-24H2,1-2H3,(H-,34,35,39). The molecule has 3 aromatic carbocycles. The number of carbonyl (C=O) groups excluding carboxylic acids is 2. The lowest BCUT2D eigenvalue weighted by Gasteiger charge is -2.15. The lowest BCUT2D eigenvalue weighted by atomic mass is 9.98. The smallest absolute Gasteiger partial charge is 0.414 e. The van der Waals surface area contributed by atoms with E-state index in [1.807, 2.05) is 48.5 Å². The number of amides is 1. The number of likely N-dealkylation sites (N-methyl/N-ethyl adjacent to an activating group) is 1. The molecule has 0 radical (unpaired) electrons. The molecule has 0 fully saturated rings. The molecule has 43 heavy (non-hydrogen) atoms. The molecule has 1 heterocycles. The fraction of sp³-hybridized carbons (Fsp3) is 0.212. The van der Waals surface area contributed by atoms with Crippen molar-refractivity contribution in [3.05, 3.63) is 115 Å². The Morgan fingerprint density at radius 3 is 2.47 bits per heavy atom. The fourth-order valence-corrected chi connectivity index (χ4v) is 4.19. The summed E-state index contributed by atoms with van der Waals surface area (Å²) in [4.78, 5) is 28.5. The Labute approximate surface area is 250 Å². The first-order chi connectivity index (χ1) is 20.9. The second-order valence-electron chi connectivity index (χ2n) is 9.59. The van der Waals surface area contributed by atoms with Crippen molar-refractivity contribution in [3.63, 3.8) is 0 Å². The summed E-state index contributed by atoms with van der Waals surface area (Å²) in [6, 6.07) is 28.8. The third-order valence-corrected chi connectivity index (χ3v) is 6.42. The number of methoxy groups -OCH3 is 1. The van der Waals surface area contributed by atoms with Gasteiger partial charge in [0, 0.05) is 30.8 Å². The van der Waals surface area contributed by atoms with Crippen LogP contribution in [0.5, 0.6) is 5.75 Å². The van der Waals surface area contributed by atoms with Crippen LogP contribution in [-0.2, 0) is 34.0 Å². The quantitative estimate of drug-likeness (QED) is 0.117. The van der Waals surface area contributed by atoms with E-state index in [1.54, 1.807) is 35.2 Å². The Hall–Kier alpha value is -5.38. The largest absolute Gasteiger partial charge is 0.846 e. The number of benzene rings is 3. The van der Waals surface area contributed by atoms with Gasteiger partial charge in [0.25, 0.3) is 6.73 Å². The minimum absolute atomic E-state index is 0.0711. The number of pyridine rings is 1. The highest BCUT2D eigenvalue weighted by Crippen LogP contribution is 2.24. The second-order valence-corrected chi connectivity index (χ2v) is 9.59. The molecule has 4 aromatic rings. The zero-order valence-corrected chi connectivity index (χ0v) is 24.1. The van der Waals surface area contributed by atoms with E-state index in [0.29, 0.717) is 18.0 Å². The Morgan fingerprint density at radius 2 is 1.70 bits per heavy atom. The van der Waals surface area contributed by atoms with Crippen LogP contribution in [0.25, 0.3) is 11.1 Å². The van der Waals surface area contributed by atoms with Crippen LogP contribution in [0.15, 0.2) is 108 Å². The van der Waals surface area contributed by atoms with Gasteiger partial charge in [0.2, 0.25) is 0 Å². The van der Waals surface area contributed by atoms with Crippen LogP contribution in [-0.4, -0.2) is 50.3 Å². The predicted octanol–water partition coefficient (Wildman–Crippen LogP) is 3.79. The number of anilines is 1. The Bertz CT molecular complexity index is 1530. The van der Waals surface area contributed by atoms with Gasteiger partial charge in [0.15, 0.2) is 12.4 Å². The first kappa shape index (κ1) is 30.6. The Morgan fingerprint density at radius 1 is 0.953 bits per heavy atom. The molecule has 0 aliphatic heterocycles. The predicted molar refractivity (Wildman–Crippen MR) is 160 cm³/mol. The van der Waals surface area contributed by atoms with Gasteiger partial charge in [-0.3, -0.25) is 9.79 Å². The van der Waals surface area contributed by atoms with Crippen LogP contribution in [0.4, 0.5) is 10.5 Å². The molecule has 0 bridgehead atoms. The molecule has 10 nitrogen and oxygen atoms in total. The van der Waals surface area contributed by atoms with Crippen LogP contribution >= 0.6 is 0 Å². The molecule has 0 saturated heterocycles. The first-order valence-electron chi connectivity index (χ1n) is 13.7. The van der Waals surface area contributed by atoms with Gasteiger partial charge < -0.3 is 29.5 Å². The van der Waals surface area contributed by atoms with Gasteiger partial charge in [-0.15, -0.1) is 0 Å². The summed E-state index contributed by atoms with van der Waals surface area (Å²) >= 11 is 0. The summed E-state index contributed by atoms with van der Waals surface area (Å²) in [6.45, 7) is 0.367. The topological polar surface area (TPSA) is 116 Å². The van der Waals surface area contributed by atoms with E-state index in [0.717, 1.165) is 16.9 Å². The number of hydrogen-bond acceptors (Lipinski definition) is 7. The maximum atomic E-state index is 12.4. The van der Waals surface area contributed by atoms with Crippen molar-refractivity contribution in [2.45, 2.75) is 19.7 Å². The minimum Gasteiger partial charge on any atom is -0.846 e. The number of esters is 1. The molecule has 1 N–H and O–H groups in total. The molecule has 0 saturated carbocycles. The molecule has 0 aliphatic rings. The van der Waals surface area contributed by atoms with Gasteiger partial charge in [-0.2, -0.15) is 4.57 Å². The third kappa shape index (κ3) is 9.60. The number of aromatic nitrogens is 1. The molecule has 0 aliphatic carbocycles. The molecule has 10 heteroatoms. The number of amidine groups is 1. The molecule has 222 valence electrons. The number of hydrogen-bond donors (Lipinski definition) is 1. The second kappa shape index (κ2) is 15.6. The number of ether oxygens (including phenoxy) is 3. The van der Waals surface area contributed by atoms with E-state index in [9.17, 15) is 14.7 Å². The molecule has 0 atom stereocenters. The first-order valence-corrected chi connectivity index (χ1v) is 13.7. The summed E-state index contributed by atoms with van der Waals surface area (Å²) in [5.74, 6) is 0.160. The van der Waals surface area contributed by atoms with Gasteiger partial charge in [0.1, 0.15) is 12.3 Å². The van der Waals surface area contributed by atoms with E-state index in [2.05, 4.69) is 39.3 Å². The molecular formula is C33H34N4O6. The molecule has 1 aromatic heterocycles. The molecule has 0 spiro atoms. The normalized spacial score (nSPS) is 11.0. The zero-order valence-electron chi connectivity index (χ0n) is 24.1. The van der Waals surface area contributed by atoms with E-state index < -0.39 is 18.1 Å². The van der Waals surface area contributed by atoms with Gasteiger partial charge >= 0.3 is 12.1 Å². The highest BCUT2D eigenvalue weighted by molar-refractivity contribution is 5.85. The number of carbonyl (C=O) groups is 2. The minimum atomic E-state index is -0.669. The Kier molecular flexibility index (Phi) is 11.1. The number of rotatable bonds is 12. The lowest BCUT2D eigenvalue weighted by Crippen LogP contribution is -2.40. The van der Waals surface area contributed by atoms with E-state index in [-0.39, 0.29) is 19.8 Å². The van der Waals surface area contributed by atoms with Gasteiger partial charge in [-0.1, -0.05) is 54.6 Å². The molecular weight excluding hydrogens is 548 g/mol. The SMILES string of the molecule is COC(=O)CN(C)C(=O)OC[n+]1cccc(CN=C([O-])Nc2ccc(OCCc3ccccc3-c3ccccc3)cc2)c1. The van der Waals surface area contributed by atoms with E-state index >= 15 is 0 Å². The van der Waals surface area contributed by atoms with Crippen molar-refractivity contribution < 1.29 is 33.5 Å². The van der Waals surface area contributed by atoms with Crippen molar-refractivity contribution in [3.8, 4) is 16.9 Å². The Balaban J connectivity index is 1.23. The maximum absolute atomic E-state index is 12.4. The van der Waals surface area contributed by atoms with Crippen LogP contribution in [0.1, 0.15) is 11.1 Å². The van der Waals surface area contributed by atoms with Crippen molar-refractivity contribution in [2.24, 2.45) is 4.99 Å². The summed E-state index contributed by atoms with van der Waals surface area (Å²) in [7, 11) is 2.68. The number of aliphatic imine (C=N–C) groups is 1. The van der Waals surface area contributed by atoms with Gasteiger partial charge in [-0.05, 0) is 47.0 Å². The van der Waals surface area contributed by atoms with E-state index in [1.165, 1.54) is 30.8 Å². The van der Waals surface area contributed by atoms with Gasteiger partial charge in [0.05, 0.1) is 26.3 Å².